The van der Waals surface area contributed by atoms with Crippen LogP contribution in [0.3, 0.4) is 0 Å². The number of carbonyl (C=O) groups is 1. The Balaban J connectivity index is 1.62. The summed E-state index contributed by atoms with van der Waals surface area (Å²) in [4.78, 5) is 21.5. The van der Waals surface area contributed by atoms with Crippen molar-refractivity contribution in [3.8, 4) is 5.69 Å². The highest BCUT2D eigenvalue weighted by Crippen LogP contribution is 2.24. The zero-order valence-electron chi connectivity index (χ0n) is 16.6. The Morgan fingerprint density at radius 3 is 2.48 bits per heavy atom. The number of nitrogens with one attached hydrogen (secondary N) is 1. The van der Waals surface area contributed by atoms with Crippen LogP contribution < -0.4 is 5.32 Å². The lowest BCUT2D eigenvalue weighted by molar-refractivity contribution is 0.0934. The van der Waals surface area contributed by atoms with Crippen molar-refractivity contribution in [1.29, 1.82) is 0 Å². The van der Waals surface area contributed by atoms with Crippen molar-refractivity contribution in [3.05, 3.63) is 95.0 Å². The van der Waals surface area contributed by atoms with E-state index >= 15 is 0 Å². The molecule has 0 radical (unpaired) electrons. The maximum Gasteiger partial charge on any atom is 0.274 e. The van der Waals surface area contributed by atoms with Crippen molar-refractivity contribution in [2.45, 2.75) is 23.9 Å². The van der Waals surface area contributed by atoms with Crippen molar-refractivity contribution in [2.75, 3.05) is 0 Å². The van der Waals surface area contributed by atoms with E-state index in [1.165, 1.54) is 11.8 Å². The topological polar surface area (TPSA) is 85.6 Å². The SMILES string of the molecule is CC(NC(=O)c1nnn(-c2ccc(Cl)cc2)c1CSc1ncccn1)c1ccccc1. The van der Waals surface area contributed by atoms with Crippen LogP contribution in [0.4, 0.5) is 0 Å². The van der Waals surface area contributed by atoms with Gasteiger partial charge >= 0.3 is 0 Å². The highest BCUT2D eigenvalue weighted by molar-refractivity contribution is 7.98. The molecule has 0 bridgehead atoms. The van der Waals surface area contributed by atoms with Crippen LogP contribution in [0.1, 0.15) is 34.7 Å². The number of hydrogen-bond donors (Lipinski definition) is 1. The van der Waals surface area contributed by atoms with Gasteiger partial charge < -0.3 is 5.32 Å². The van der Waals surface area contributed by atoms with Gasteiger partial charge in [-0.15, -0.1) is 5.10 Å². The Bertz CT molecular complexity index is 1150. The molecule has 2 aromatic carbocycles. The van der Waals surface area contributed by atoms with Gasteiger partial charge in [-0.05, 0) is 42.8 Å². The van der Waals surface area contributed by atoms with Gasteiger partial charge in [-0.2, -0.15) is 0 Å². The summed E-state index contributed by atoms with van der Waals surface area (Å²) in [6.07, 6.45) is 3.36. The van der Waals surface area contributed by atoms with E-state index in [1.807, 2.05) is 49.4 Å². The van der Waals surface area contributed by atoms with Gasteiger partial charge in [0.05, 0.1) is 17.4 Å². The fourth-order valence-corrected chi connectivity index (χ4v) is 3.90. The number of rotatable bonds is 7. The maximum absolute atomic E-state index is 13.1. The van der Waals surface area contributed by atoms with Crippen LogP contribution in [0.5, 0.6) is 0 Å². The van der Waals surface area contributed by atoms with Crippen LogP contribution in [-0.2, 0) is 5.75 Å². The van der Waals surface area contributed by atoms with Gasteiger partial charge in [0.2, 0.25) is 0 Å². The lowest BCUT2D eigenvalue weighted by Gasteiger charge is -2.14. The highest BCUT2D eigenvalue weighted by atomic mass is 35.5. The van der Waals surface area contributed by atoms with Crippen LogP contribution in [-0.4, -0.2) is 30.9 Å². The number of aromatic nitrogens is 5. The van der Waals surface area contributed by atoms with E-state index in [9.17, 15) is 4.79 Å². The molecule has 1 N–H and O–H groups in total. The molecule has 156 valence electrons. The largest absolute Gasteiger partial charge is 0.344 e. The minimum Gasteiger partial charge on any atom is -0.344 e. The van der Waals surface area contributed by atoms with E-state index in [2.05, 4.69) is 25.6 Å². The van der Waals surface area contributed by atoms with Gasteiger partial charge in [0, 0.05) is 23.2 Å². The summed E-state index contributed by atoms with van der Waals surface area (Å²) in [5.41, 5.74) is 2.69. The van der Waals surface area contributed by atoms with Crippen molar-refractivity contribution in [2.24, 2.45) is 0 Å². The van der Waals surface area contributed by atoms with Crippen molar-refractivity contribution < 1.29 is 4.79 Å². The minimum atomic E-state index is -0.291. The lowest BCUT2D eigenvalue weighted by Crippen LogP contribution is -2.28. The monoisotopic (exact) mass is 450 g/mol. The predicted molar refractivity (Wildman–Crippen MR) is 120 cm³/mol. The molecule has 31 heavy (non-hydrogen) atoms. The average Bonchev–Trinajstić information content (AvgIpc) is 3.23. The first kappa shape index (κ1) is 21.0. The van der Waals surface area contributed by atoms with Gasteiger partial charge in [0.1, 0.15) is 0 Å². The normalized spacial score (nSPS) is 11.8. The van der Waals surface area contributed by atoms with Gasteiger partial charge in [-0.1, -0.05) is 58.9 Å². The summed E-state index contributed by atoms with van der Waals surface area (Å²) in [7, 11) is 0. The lowest BCUT2D eigenvalue weighted by atomic mass is 10.1. The molecular weight excluding hydrogens is 432 g/mol. The summed E-state index contributed by atoms with van der Waals surface area (Å²) in [5.74, 6) is 0.128. The van der Waals surface area contributed by atoms with E-state index in [0.717, 1.165) is 11.3 Å². The van der Waals surface area contributed by atoms with E-state index in [1.54, 1.807) is 35.3 Å². The average molecular weight is 451 g/mol. The third-order valence-corrected chi connectivity index (χ3v) is 5.72. The molecule has 2 aromatic heterocycles. The molecule has 4 aromatic rings. The Kier molecular flexibility index (Phi) is 6.59. The van der Waals surface area contributed by atoms with Gasteiger partial charge in [-0.3, -0.25) is 4.79 Å². The highest BCUT2D eigenvalue weighted by Gasteiger charge is 2.22. The van der Waals surface area contributed by atoms with E-state index in [4.69, 9.17) is 11.6 Å². The van der Waals surface area contributed by atoms with Crippen LogP contribution in [0.25, 0.3) is 5.69 Å². The molecule has 0 spiro atoms. The molecule has 0 saturated heterocycles. The molecule has 1 amide bonds. The van der Waals surface area contributed by atoms with E-state index in [-0.39, 0.29) is 17.6 Å². The molecule has 9 heteroatoms. The fourth-order valence-electron chi connectivity index (χ4n) is 2.98. The molecule has 0 saturated carbocycles. The Labute approximate surface area is 188 Å². The number of carbonyl (C=O) groups excluding carboxylic acids is 1. The van der Waals surface area contributed by atoms with Crippen LogP contribution in [0.2, 0.25) is 5.02 Å². The molecule has 0 aliphatic carbocycles. The number of halogens is 1. The van der Waals surface area contributed by atoms with Crippen molar-refractivity contribution in [1.82, 2.24) is 30.3 Å². The summed E-state index contributed by atoms with van der Waals surface area (Å²) in [6.45, 7) is 1.93. The Morgan fingerprint density at radius 2 is 1.77 bits per heavy atom. The van der Waals surface area contributed by atoms with E-state index in [0.29, 0.717) is 21.6 Å². The Morgan fingerprint density at radius 1 is 1.06 bits per heavy atom. The third-order valence-electron chi connectivity index (χ3n) is 4.58. The molecular formula is C22H19ClN6OS. The molecule has 2 heterocycles. The number of nitrogens with zero attached hydrogens (tertiary/aromatic N) is 5. The first-order valence-electron chi connectivity index (χ1n) is 9.58. The quantitative estimate of drug-likeness (QED) is 0.329. The minimum absolute atomic E-state index is 0.174. The maximum atomic E-state index is 13.1. The molecule has 4 rings (SSSR count). The summed E-state index contributed by atoms with van der Waals surface area (Å²) in [5, 5.41) is 12.7. The zero-order valence-corrected chi connectivity index (χ0v) is 18.2. The number of hydrogen-bond acceptors (Lipinski definition) is 6. The van der Waals surface area contributed by atoms with Gasteiger partial charge in [0.15, 0.2) is 10.9 Å². The second-order valence-electron chi connectivity index (χ2n) is 6.70. The first-order chi connectivity index (χ1) is 15.1. The van der Waals surface area contributed by atoms with Crippen LogP contribution in [0.15, 0.2) is 78.2 Å². The number of amides is 1. The van der Waals surface area contributed by atoms with Gasteiger partial charge in [0.25, 0.3) is 5.91 Å². The summed E-state index contributed by atoms with van der Waals surface area (Å²) < 4.78 is 1.65. The second-order valence-corrected chi connectivity index (χ2v) is 8.08. The third kappa shape index (κ3) is 5.10. The zero-order chi connectivity index (χ0) is 21.6. The molecule has 0 aliphatic rings. The first-order valence-corrected chi connectivity index (χ1v) is 10.9. The molecule has 0 fully saturated rings. The van der Waals surface area contributed by atoms with Gasteiger partial charge in [-0.25, -0.2) is 14.6 Å². The summed E-state index contributed by atoms with van der Waals surface area (Å²) >= 11 is 7.43. The standard InChI is InChI=1S/C22H19ClN6OS/c1-15(16-6-3-2-4-7-16)26-21(30)20-19(14-31-22-24-12-5-13-25-22)29(28-27-20)18-10-8-17(23)9-11-18/h2-13,15H,14H2,1H3,(H,26,30). The fraction of sp³-hybridized carbons (Fsp3) is 0.136. The van der Waals surface area contributed by atoms with E-state index < -0.39 is 0 Å². The number of thioether (sulfide) groups is 1. The second kappa shape index (κ2) is 9.72. The summed E-state index contributed by atoms with van der Waals surface area (Å²) in [6, 6.07) is 18.6. The number of benzene rings is 2. The molecule has 7 nitrogen and oxygen atoms in total. The molecule has 1 atom stereocenters. The van der Waals surface area contributed by atoms with Crippen molar-refractivity contribution in [3.63, 3.8) is 0 Å². The van der Waals surface area contributed by atoms with Crippen molar-refractivity contribution >= 4 is 29.3 Å². The molecule has 0 aliphatic heterocycles. The van der Waals surface area contributed by atoms with Crippen LogP contribution >= 0.6 is 23.4 Å². The smallest absolute Gasteiger partial charge is 0.274 e. The Hall–Kier alpha value is -3.23. The van der Waals surface area contributed by atoms with Crippen LogP contribution in [0, 0.1) is 0 Å². The molecule has 1 unspecified atom stereocenters. The predicted octanol–water partition coefficient (Wildman–Crippen LogP) is 4.49.